The zero-order valence-corrected chi connectivity index (χ0v) is 13.7. The second-order valence-corrected chi connectivity index (χ2v) is 5.66. The Balaban J connectivity index is 2.28. The number of hydrogen-bond acceptors (Lipinski definition) is 3. The average molecular weight is 341 g/mol. The molecule has 0 radical (unpaired) electrons. The smallest absolute Gasteiger partial charge is 0.305 e. The number of benzene rings is 1. The van der Waals surface area contributed by atoms with E-state index in [4.69, 9.17) is 4.74 Å². The first-order valence-electron chi connectivity index (χ1n) is 6.99. The Hall–Kier alpha value is -1.16. The maximum atomic E-state index is 12.1. The number of esters is 1. The Bertz CT molecular complexity index is 469. The number of Topliss-reactive ketones (excluding diaryl/α,β-unsaturated/α-hetero) is 1. The molecule has 20 heavy (non-hydrogen) atoms. The number of ether oxygens (including phenoxy) is 1. The van der Waals surface area contributed by atoms with Crippen molar-refractivity contribution in [3.05, 3.63) is 33.8 Å². The Morgan fingerprint density at radius 3 is 2.50 bits per heavy atom. The van der Waals surface area contributed by atoms with E-state index in [9.17, 15) is 9.59 Å². The fraction of sp³-hybridized carbons (Fsp3) is 0.500. The summed E-state index contributed by atoms with van der Waals surface area (Å²) >= 11 is 3.39. The van der Waals surface area contributed by atoms with E-state index in [0.29, 0.717) is 19.4 Å². The third-order valence-corrected chi connectivity index (χ3v) is 3.57. The van der Waals surface area contributed by atoms with Gasteiger partial charge < -0.3 is 4.74 Å². The van der Waals surface area contributed by atoms with Crippen molar-refractivity contribution in [2.24, 2.45) is 0 Å². The molecule has 3 nitrogen and oxygen atoms in total. The molecule has 0 bridgehead atoms. The van der Waals surface area contributed by atoms with Gasteiger partial charge in [-0.25, -0.2) is 0 Å². The minimum absolute atomic E-state index is 0.150. The van der Waals surface area contributed by atoms with Crippen molar-refractivity contribution < 1.29 is 14.3 Å². The van der Waals surface area contributed by atoms with Crippen LogP contribution in [0.3, 0.4) is 0 Å². The molecule has 1 rings (SSSR count). The molecule has 0 unspecified atom stereocenters. The summed E-state index contributed by atoms with van der Waals surface area (Å²) in [6.07, 6.45) is 3.45. The molecule has 0 saturated heterocycles. The number of carbonyl (C=O) groups is 2. The van der Waals surface area contributed by atoms with E-state index in [1.807, 2.05) is 25.1 Å². The van der Waals surface area contributed by atoms with Gasteiger partial charge in [-0.2, -0.15) is 0 Å². The SMILES string of the molecule is CCOC(=O)CCCCCC(=O)c1ccc(Br)cc1C. The molecule has 110 valence electrons. The molecular formula is C16H21BrO3. The number of halogens is 1. The topological polar surface area (TPSA) is 43.4 Å². The van der Waals surface area contributed by atoms with Crippen LogP contribution in [-0.2, 0) is 9.53 Å². The molecule has 4 heteroatoms. The van der Waals surface area contributed by atoms with E-state index >= 15 is 0 Å². The Labute approximate surface area is 128 Å². The van der Waals surface area contributed by atoms with Crippen molar-refractivity contribution in [2.75, 3.05) is 6.61 Å². The van der Waals surface area contributed by atoms with Crippen LogP contribution in [-0.4, -0.2) is 18.4 Å². The van der Waals surface area contributed by atoms with Gasteiger partial charge in [0.25, 0.3) is 0 Å². The van der Waals surface area contributed by atoms with Crippen LogP contribution in [0.15, 0.2) is 22.7 Å². The van der Waals surface area contributed by atoms with Crippen LogP contribution in [0.1, 0.15) is 54.9 Å². The zero-order valence-electron chi connectivity index (χ0n) is 12.1. The number of carbonyl (C=O) groups excluding carboxylic acids is 2. The normalized spacial score (nSPS) is 10.3. The number of rotatable bonds is 8. The fourth-order valence-electron chi connectivity index (χ4n) is 2.04. The lowest BCUT2D eigenvalue weighted by Crippen LogP contribution is -2.04. The molecule has 0 N–H and O–H groups in total. The lowest BCUT2D eigenvalue weighted by atomic mass is 10.0. The second-order valence-electron chi connectivity index (χ2n) is 4.75. The predicted molar refractivity (Wildman–Crippen MR) is 82.9 cm³/mol. The van der Waals surface area contributed by atoms with E-state index in [1.165, 1.54) is 0 Å². The Morgan fingerprint density at radius 2 is 1.85 bits per heavy atom. The van der Waals surface area contributed by atoms with Gasteiger partial charge in [0.2, 0.25) is 0 Å². The molecule has 0 amide bonds. The molecule has 1 aromatic rings. The Kier molecular flexibility index (Phi) is 7.52. The molecule has 0 aromatic heterocycles. The first kappa shape index (κ1) is 16.9. The third kappa shape index (κ3) is 5.87. The zero-order chi connectivity index (χ0) is 15.0. The summed E-state index contributed by atoms with van der Waals surface area (Å²) in [5.74, 6) is 0.0220. The van der Waals surface area contributed by atoms with Gasteiger partial charge in [-0.15, -0.1) is 0 Å². The highest BCUT2D eigenvalue weighted by Gasteiger charge is 2.09. The van der Waals surface area contributed by atoms with E-state index in [1.54, 1.807) is 6.92 Å². The van der Waals surface area contributed by atoms with E-state index in [2.05, 4.69) is 15.9 Å². The van der Waals surface area contributed by atoms with Crippen LogP contribution < -0.4 is 0 Å². The number of ketones is 1. The summed E-state index contributed by atoms with van der Waals surface area (Å²) < 4.78 is 5.84. The first-order chi connectivity index (χ1) is 9.54. The third-order valence-electron chi connectivity index (χ3n) is 3.08. The van der Waals surface area contributed by atoms with Gasteiger partial charge in [0.15, 0.2) is 5.78 Å². The van der Waals surface area contributed by atoms with Gasteiger partial charge in [0.1, 0.15) is 0 Å². The number of aryl methyl sites for hydroxylation is 1. The van der Waals surface area contributed by atoms with Crippen molar-refractivity contribution in [2.45, 2.75) is 46.0 Å². The molecule has 0 heterocycles. The van der Waals surface area contributed by atoms with Crippen molar-refractivity contribution >= 4 is 27.7 Å². The van der Waals surface area contributed by atoms with Gasteiger partial charge in [0, 0.05) is 22.9 Å². The molecule has 0 spiro atoms. The standard InChI is InChI=1S/C16H21BrO3/c1-3-20-16(19)8-6-4-5-7-15(18)14-10-9-13(17)11-12(14)2/h9-11H,3-8H2,1-2H3. The van der Waals surface area contributed by atoms with Gasteiger partial charge in [-0.3, -0.25) is 9.59 Å². The molecule has 0 aliphatic carbocycles. The molecular weight excluding hydrogens is 320 g/mol. The highest BCUT2D eigenvalue weighted by atomic mass is 79.9. The van der Waals surface area contributed by atoms with E-state index in [0.717, 1.165) is 34.9 Å². The van der Waals surface area contributed by atoms with E-state index < -0.39 is 0 Å². The maximum absolute atomic E-state index is 12.1. The number of hydrogen-bond donors (Lipinski definition) is 0. The van der Waals surface area contributed by atoms with Crippen molar-refractivity contribution in [3.8, 4) is 0 Å². The maximum Gasteiger partial charge on any atom is 0.305 e. The summed E-state index contributed by atoms with van der Waals surface area (Å²) in [6.45, 7) is 4.18. The molecule has 1 aromatic carbocycles. The summed E-state index contributed by atoms with van der Waals surface area (Å²) in [5, 5.41) is 0. The van der Waals surface area contributed by atoms with Crippen LogP contribution in [0, 0.1) is 6.92 Å². The van der Waals surface area contributed by atoms with Gasteiger partial charge in [0.05, 0.1) is 6.61 Å². The number of unbranched alkanes of at least 4 members (excludes halogenated alkanes) is 2. The molecule has 0 atom stereocenters. The molecule has 0 aliphatic heterocycles. The minimum Gasteiger partial charge on any atom is -0.466 e. The van der Waals surface area contributed by atoms with Crippen molar-refractivity contribution in [1.29, 1.82) is 0 Å². The summed E-state index contributed by atoms with van der Waals surface area (Å²) in [5.41, 5.74) is 1.79. The van der Waals surface area contributed by atoms with Crippen LogP contribution in [0.5, 0.6) is 0 Å². The fourth-order valence-corrected chi connectivity index (χ4v) is 2.51. The van der Waals surface area contributed by atoms with Crippen LogP contribution in [0.25, 0.3) is 0 Å². The van der Waals surface area contributed by atoms with E-state index in [-0.39, 0.29) is 11.8 Å². The quantitative estimate of drug-likeness (QED) is 0.398. The summed E-state index contributed by atoms with van der Waals surface area (Å²) in [6, 6.07) is 5.70. The minimum atomic E-state index is -0.150. The second kappa shape index (κ2) is 8.90. The van der Waals surface area contributed by atoms with Gasteiger partial charge in [-0.05, 0) is 44.4 Å². The highest BCUT2D eigenvalue weighted by Crippen LogP contribution is 2.18. The monoisotopic (exact) mass is 340 g/mol. The largest absolute Gasteiger partial charge is 0.466 e. The van der Waals surface area contributed by atoms with Crippen LogP contribution in [0.2, 0.25) is 0 Å². The highest BCUT2D eigenvalue weighted by molar-refractivity contribution is 9.10. The van der Waals surface area contributed by atoms with Crippen LogP contribution in [0.4, 0.5) is 0 Å². The molecule has 0 fully saturated rings. The average Bonchev–Trinajstić information content (AvgIpc) is 2.38. The lowest BCUT2D eigenvalue weighted by Gasteiger charge is -2.05. The van der Waals surface area contributed by atoms with Crippen molar-refractivity contribution in [1.82, 2.24) is 0 Å². The first-order valence-corrected chi connectivity index (χ1v) is 7.79. The predicted octanol–water partition coefficient (Wildman–Crippen LogP) is 4.45. The summed E-state index contributed by atoms with van der Waals surface area (Å²) in [4.78, 5) is 23.2. The van der Waals surface area contributed by atoms with Crippen molar-refractivity contribution in [3.63, 3.8) is 0 Å². The molecule has 0 aliphatic rings. The van der Waals surface area contributed by atoms with Gasteiger partial charge in [-0.1, -0.05) is 28.4 Å². The Morgan fingerprint density at radius 1 is 1.15 bits per heavy atom. The lowest BCUT2D eigenvalue weighted by molar-refractivity contribution is -0.143. The molecule has 0 saturated carbocycles. The van der Waals surface area contributed by atoms with Crippen LogP contribution >= 0.6 is 15.9 Å². The van der Waals surface area contributed by atoms with Gasteiger partial charge >= 0.3 is 5.97 Å². The summed E-state index contributed by atoms with van der Waals surface area (Å²) in [7, 11) is 0.